The van der Waals surface area contributed by atoms with Crippen LogP contribution >= 0.6 is 15.9 Å². The van der Waals surface area contributed by atoms with Crippen molar-refractivity contribution in [3.8, 4) is 0 Å². The summed E-state index contributed by atoms with van der Waals surface area (Å²) in [6, 6.07) is 8.10. The smallest absolute Gasteiger partial charge is 0.227 e. The molecule has 1 amide bonds. The van der Waals surface area contributed by atoms with Crippen molar-refractivity contribution in [2.75, 3.05) is 11.4 Å². The van der Waals surface area contributed by atoms with Crippen LogP contribution in [0.3, 0.4) is 0 Å². The summed E-state index contributed by atoms with van der Waals surface area (Å²) >= 11 is 3.54. The molecule has 2 rings (SSSR count). The highest BCUT2D eigenvalue weighted by Crippen LogP contribution is 2.31. The number of rotatable bonds is 7. The summed E-state index contributed by atoms with van der Waals surface area (Å²) < 4.78 is 1.07. The molecule has 0 unspecified atom stereocenters. The summed E-state index contributed by atoms with van der Waals surface area (Å²) in [5.41, 5.74) is 2.16. The molecule has 1 aliphatic heterocycles. The molecule has 3 heteroatoms. The van der Waals surface area contributed by atoms with Gasteiger partial charge in [0.05, 0.1) is 12.2 Å². The predicted molar refractivity (Wildman–Crippen MR) is 93.7 cm³/mol. The zero-order valence-electron chi connectivity index (χ0n) is 12.8. The van der Waals surface area contributed by atoms with Gasteiger partial charge in [-0.3, -0.25) is 4.79 Å². The quantitative estimate of drug-likeness (QED) is 0.593. The van der Waals surface area contributed by atoms with Crippen LogP contribution in [0.5, 0.6) is 0 Å². The molecule has 0 radical (unpaired) electrons. The van der Waals surface area contributed by atoms with Gasteiger partial charge in [0.2, 0.25) is 5.91 Å². The van der Waals surface area contributed by atoms with Gasteiger partial charge in [0.1, 0.15) is 0 Å². The van der Waals surface area contributed by atoms with Crippen LogP contribution in [0.25, 0.3) is 6.08 Å². The second-order valence-electron chi connectivity index (χ2n) is 5.65. The second-order valence-corrected chi connectivity index (χ2v) is 6.67. The topological polar surface area (TPSA) is 20.3 Å². The standard InChI is InChI=1S/C18H24BrNO/c1-2-3-4-5-6-7-12-18(21)20-14-16(19)13-15-10-8-9-11-17(15)20/h8-11,13H,2-7,12,14H2,1H3. The van der Waals surface area contributed by atoms with Gasteiger partial charge in [0.15, 0.2) is 0 Å². The third-order valence-corrected chi connectivity index (χ3v) is 4.37. The third-order valence-electron chi connectivity index (χ3n) is 3.89. The average molecular weight is 350 g/mol. The molecular formula is C18H24BrNO. The van der Waals surface area contributed by atoms with E-state index in [1.54, 1.807) is 0 Å². The number of carbonyl (C=O) groups excluding carboxylic acids is 1. The number of amides is 1. The summed E-state index contributed by atoms with van der Waals surface area (Å²) in [7, 11) is 0. The summed E-state index contributed by atoms with van der Waals surface area (Å²) in [6.45, 7) is 2.88. The minimum Gasteiger partial charge on any atom is -0.307 e. The number of hydrogen-bond donors (Lipinski definition) is 0. The zero-order chi connectivity index (χ0) is 15.1. The summed E-state index contributed by atoms with van der Waals surface area (Å²) in [5, 5.41) is 0. The molecule has 2 nitrogen and oxygen atoms in total. The van der Waals surface area contributed by atoms with E-state index in [2.05, 4.69) is 35.0 Å². The molecule has 0 saturated carbocycles. The minimum absolute atomic E-state index is 0.239. The fourth-order valence-electron chi connectivity index (χ4n) is 2.72. The molecule has 0 bridgehead atoms. The van der Waals surface area contributed by atoms with Gasteiger partial charge in [-0.05, 0) is 24.1 Å². The largest absolute Gasteiger partial charge is 0.307 e. The first kappa shape index (κ1) is 16.3. The van der Waals surface area contributed by atoms with Crippen LogP contribution < -0.4 is 4.90 Å². The van der Waals surface area contributed by atoms with E-state index >= 15 is 0 Å². The number of unbranched alkanes of at least 4 members (excludes halogenated alkanes) is 5. The van der Waals surface area contributed by atoms with E-state index in [0.29, 0.717) is 13.0 Å². The van der Waals surface area contributed by atoms with Gasteiger partial charge in [-0.25, -0.2) is 0 Å². The van der Waals surface area contributed by atoms with E-state index in [9.17, 15) is 4.79 Å². The number of benzene rings is 1. The van der Waals surface area contributed by atoms with Crippen molar-refractivity contribution in [2.24, 2.45) is 0 Å². The first-order valence-corrected chi connectivity index (χ1v) is 8.77. The summed E-state index contributed by atoms with van der Waals surface area (Å²) in [5.74, 6) is 0.239. The molecule has 1 aromatic rings. The van der Waals surface area contributed by atoms with Crippen molar-refractivity contribution in [3.05, 3.63) is 34.3 Å². The molecule has 1 aromatic carbocycles. The lowest BCUT2D eigenvalue weighted by molar-refractivity contribution is -0.118. The molecule has 0 aliphatic carbocycles. The number of halogens is 1. The lowest BCUT2D eigenvalue weighted by Crippen LogP contribution is -2.33. The van der Waals surface area contributed by atoms with Crippen molar-refractivity contribution in [3.63, 3.8) is 0 Å². The van der Waals surface area contributed by atoms with E-state index in [0.717, 1.165) is 28.6 Å². The van der Waals surface area contributed by atoms with Gasteiger partial charge in [0.25, 0.3) is 0 Å². The van der Waals surface area contributed by atoms with Crippen molar-refractivity contribution in [2.45, 2.75) is 51.9 Å². The van der Waals surface area contributed by atoms with Crippen LogP contribution in [0.2, 0.25) is 0 Å². The third kappa shape index (κ3) is 4.70. The number of anilines is 1. The van der Waals surface area contributed by atoms with E-state index in [4.69, 9.17) is 0 Å². The summed E-state index contributed by atoms with van der Waals surface area (Å²) in [4.78, 5) is 14.4. The highest BCUT2D eigenvalue weighted by molar-refractivity contribution is 9.11. The molecular weight excluding hydrogens is 326 g/mol. The van der Waals surface area contributed by atoms with Crippen molar-refractivity contribution in [1.82, 2.24) is 0 Å². The first-order chi connectivity index (χ1) is 10.2. The lowest BCUT2D eigenvalue weighted by atomic mass is 10.1. The Morgan fingerprint density at radius 3 is 2.67 bits per heavy atom. The van der Waals surface area contributed by atoms with E-state index in [1.165, 1.54) is 25.7 Å². The van der Waals surface area contributed by atoms with Gasteiger partial charge in [0, 0.05) is 10.9 Å². The van der Waals surface area contributed by atoms with Crippen LogP contribution in [0, 0.1) is 0 Å². The van der Waals surface area contributed by atoms with E-state index in [1.807, 2.05) is 23.1 Å². The maximum absolute atomic E-state index is 12.5. The molecule has 0 atom stereocenters. The zero-order valence-corrected chi connectivity index (χ0v) is 14.4. The van der Waals surface area contributed by atoms with Crippen LogP contribution in [-0.4, -0.2) is 12.5 Å². The Hall–Kier alpha value is -1.09. The van der Waals surface area contributed by atoms with Crippen molar-refractivity contribution in [1.29, 1.82) is 0 Å². The molecule has 1 heterocycles. The number of carbonyl (C=O) groups is 1. The number of hydrogen-bond acceptors (Lipinski definition) is 1. The fourth-order valence-corrected chi connectivity index (χ4v) is 3.22. The molecule has 21 heavy (non-hydrogen) atoms. The molecule has 114 valence electrons. The SMILES string of the molecule is CCCCCCCCC(=O)N1CC(Br)=Cc2ccccc21. The van der Waals surface area contributed by atoms with E-state index < -0.39 is 0 Å². The molecule has 0 N–H and O–H groups in total. The Morgan fingerprint density at radius 2 is 1.86 bits per heavy atom. The highest BCUT2D eigenvalue weighted by atomic mass is 79.9. The average Bonchev–Trinajstić information content (AvgIpc) is 2.49. The van der Waals surface area contributed by atoms with Crippen LogP contribution in [0.15, 0.2) is 28.7 Å². The van der Waals surface area contributed by atoms with E-state index in [-0.39, 0.29) is 5.91 Å². The summed E-state index contributed by atoms with van der Waals surface area (Å²) in [6.07, 6.45) is 10.0. The Bertz CT molecular complexity index is 510. The highest BCUT2D eigenvalue weighted by Gasteiger charge is 2.21. The molecule has 0 spiro atoms. The Kier molecular flexibility index (Phi) is 6.50. The fraction of sp³-hybridized carbons (Fsp3) is 0.500. The predicted octanol–water partition coefficient (Wildman–Crippen LogP) is 5.52. The molecule has 0 saturated heterocycles. The number of nitrogens with zero attached hydrogens (tertiary/aromatic N) is 1. The normalized spacial score (nSPS) is 13.8. The van der Waals surface area contributed by atoms with Gasteiger partial charge in [-0.1, -0.05) is 73.2 Å². The van der Waals surface area contributed by atoms with Crippen molar-refractivity contribution < 1.29 is 4.79 Å². The van der Waals surface area contributed by atoms with Crippen molar-refractivity contribution >= 4 is 33.6 Å². The number of para-hydroxylation sites is 1. The van der Waals surface area contributed by atoms with Gasteiger partial charge >= 0.3 is 0 Å². The Labute approximate surface area is 136 Å². The maximum Gasteiger partial charge on any atom is 0.227 e. The first-order valence-electron chi connectivity index (χ1n) is 7.98. The monoisotopic (exact) mass is 349 g/mol. The molecule has 0 aromatic heterocycles. The molecule has 0 fully saturated rings. The van der Waals surface area contributed by atoms with Gasteiger partial charge < -0.3 is 4.90 Å². The Morgan fingerprint density at radius 1 is 1.14 bits per heavy atom. The minimum atomic E-state index is 0.239. The molecule has 1 aliphatic rings. The van der Waals surface area contributed by atoms with Crippen LogP contribution in [0.1, 0.15) is 57.4 Å². The van der Waals surface area contributed by atoms with Gasteiger partial charge in [-0.2, -0.15) is 0 Å². The Balaban J connectivity index is 1.87. The maximum atomic E-state index is 12.5. The second kappa shape index (κ2) is 8.38. The van der Waals surface area contributed by atoms with Crippen LogP contribution in [-0.2, 0) is 4.79 Å². The number of fused-ring (bicyclic) bond motifs is 1. The van der Waals surface area contributed by atoms with Gasteiger partial charge in [-0.15, -0.1) is 0 Å². The van der Waals surface area contributed by atoms with Crippen LogP contribution in [0.4, 0.5) is 5.69 Å². The lowest BCUT2D eigenvalue weighted by Gasteiger charge is -2.28.